The van der Waals surface area contributed by atoms with E-state index in [0.717, 1.165) is 0 Å². The predicted molar refractivity (Wildman–Crippen MR) is 69.2 cm³/mol. The smallest absolute Gasteiger partial charge is 0.274 e. The normalized spacial score (nSPS) is 12.8. The van der Waals surface area contributed by atoms with Gasteiger partial charge in [-0.25, -0.2) is 0 Å². The lowest BCUT2D eigenvalue weighted by Gasteiger charge is -2.15. The number of nitro groups is 1. The number of rotatable bonds is 5. The van der Waals surface area contributed by atoms with Crippen LogP contribution in [-0.4, -0.2) is 11.0 Å². The van der Waals surface area contributed by atoms with Gasteiger partial charge in [-0.15, -0.1) is 0 Å². The summed E-state index contributed by atoms with van der Waals surface area (Å²) in [6.45, 7) is 4.07. The van der Waals surface area contributed by atoms with Gasteiger partial charge in [0.2, 0.25) is 0 Å². The minimum Gasteiger partial charge on any atom is -0.327 e. The van der Waals surface area contributed by atoms with Gasteiger partial charge in [-0.2, -0.15) is 0 Å². The molecule has 0 saturated heterocycles. The first-order valence-corrected chi connectivity index (χ1v) is 5.98. The van der Waals surface area contributed by atoms with Crippen LogP contribution in [0.3, 0.4) is 0 Å². The number of hydrogen-bond acceptors (Lipinski definition) is 3. The molecule has 0 radical (unpaired) electrons. The maximum Gasteiger partial charge on any atom is 0.274 e. The van der Waals surface area contributed by atoms with Gasteiger partial charge in [0.1, 0.15) is 0 Å². The summed E-state index contributed by atoms with van der Waals surface area (Å²) in [5.41, 5.74) is 6.58. The minimum absolute atomic E-state index is 0.0332. The Morgan fingerprint density at radius 2 is 2.12 bits per heavy atom. The van der Waals surface area contributed by atoms with Crippen molar-refractivity contribution in [1.29, 1.82) is 0 Å². The van der Waals surface area contributed by atoms with E-state index in [0.29, 0.717) is 29.3 Å². The Bertz CT molecular complexity index is 407. The van der Waals surface area contributed by atoms with E-state index >= 15 is 0 Å². The Kier molecular flexibility index (Phi) is 4.90. The van der Waals surface area contributed by atoms with Gasteiger partial charge in [0.15, 0.2) is 0 Å². The third kappa shape index (κ3) is 3.68. The Morgan fingerprint density at radius 3 is 2.65 bits per heavy atom. The number of nitro benzene ring substituents is 1. The molecule has 0 bridgehead atoms. The van der Waals surface area contributed by atoms with Crippen LogP contribution in [0.1, 0.15) is 25.8 Å². The first-order chi connectivity index (χ1) is 7.93. The van der Waals surface area contributed by atoms with Gasteiger partial charge in [0, 0.05) is 17.7 Å². The van der Waals surface area contributed by atoms with Gasteiger partial charge < -0.3 is 5.73 Å². The molecule has 5 heteroatoms. The molecule has 1 aromatic rings. The molecule has 17 heavy (non-hydrogen) atoms. The van der Waals surface area contributed by atoms with Crippen molar-refractivity contribution in [3.63, 3.8) is 0 Å². The van der Waals surface area contributed by atoms with Crippen molar-refractivity contribution in [1.82, 2.24) is 0 Å². The average molecular weight is 257 g/mol. The summed E-state index contributed by atoms with van der Waals surface area (Å²) < 4.78 is 0. The number of halogens is 1. The van der Waals surface area contributed by atoms with E-state index in [1.54, 1.807) is 12.1 Å². The Morgan fingerprint density at radius 1 is 1.47 bits per heavy atom. The second kappa shape index (κ2) is 5.98. The van der Waals surface area contributed by atoms with Crippen LogP contribution in [0, 0.1) is 16.0 Å². The highest BCUT2D eigenvalue weighted by Crippen LogP contribution is 2.28. The van der Waals surface area contributed by atoms with Crippen LogP contribution in [0.4, 0.5) is 5.69 Å². The van der Waals surface area contributed by atoms with Crippen molar-refractivity contribution in [2.24, 2.45) is 11.7 Å². The Hall–Kier alpha value is -1.13. The molecule has 0 fully saturated rings. The zero-order chi connectivity index (χ0) is 13.0. The van der Waals surface area contributed by atoms with Gasteiger partial charge in [-0.05, 0) is 24.8 Å². The lowest BCUT2D eigenvalue weighted by molar-refractivity contribution is -0.385. The van der Waals surface area contributed by atoms with E-state index in [1.165, 1.54) is 6.07 Å². The zero-order valence-corrected chi connectivity index (χ0v) is 10.8. The van der Waals surface area contributed by atoms with Crippen LogP contribution in [0.5, 0.6) is 0 Å². The second-order valence-corrected chi connectivity index (χ2v) is 4.85. The predicted octanol–water partition coefficient (Wildman–Crippen LogP) is 3.16. The highest BCUT2D eigenvalue weighted by Gasteiger charge is 2.18. The van der Waals surface area contributed by atoms with Crippen molar-refractivity contribution in [3.8, 4) is 0 Å². The van der Waals surface area contributed by atoms with E-state index in [1.807, 2.05) is 13.8 Å². The van der Waals surface area contributed by atoms with E-state index in [9.17, 15) is 10.1 Å². The van der Waals surface area contributed by atoms with Crippen LogP contribution >= 0.6 is 11.6 Å². The summed E-state index contributed by atoms with van der Waals surface area (Å²) in [5, 5.41) is 11.3. The maximum atomic E-state index is 10.9. The van der Waals surface area contributed by atoms with Crippen molar-refractivity contribution in [2.75, 3.05) is 0 Å². The van der Waals surface area contributed by atoms with E-state index in [4.69, 9.17) is 17.3 Å². The number of hydrogen-bond donors (Lipinski definition) is 1. The molecule has 1 unspecified atom stereocenters. The minimum atomic E-state index is -0.401. The van der Waals surface area contributed by atoms with Crippen LogP contribution < -0.4 is 5.73 Å². The molecule has 0 aliphatic carbocycles. The summed E-state index contributed by atoms with van der Waals surface area (Å²) in [4.78, 5) is 10.5. The van der Waals surface area contributed by atoms with Gasteiger partial charge in [-0.1, -0.05) is 31.5 Å². The molecule has 1 rings (SSSR count). The van der Waals surface area contributed by atoms with Gasteiger partial charge in [0.25, 0.3) is 5.69 Å². The molecule has 0 saturated carbocycles. The molecule has 0 spiro atoms. The summed E-state index contributed by atoms with van der Waals surface area (Å²) in [6.07, 6.45) is 1.23. The quantitative estimate of drug-likeness (QED) is 0.650. The van der Waals surface area contributed by atoms with Crippen LogP contribution in [-0.2, 0) is 6.42 Å². The van der Waals surface area contributed by atoms with E-state index in [2.05, 4.69) is 0 Å². The highest BCUT2D eigenvalue weighted by molar-refractivity contribution is 6.31. The highest BCUT2D eigenvalue weighted by atomic mass is 35.5. The molecule has 0 aliphatic heterocycles. The largest absolute Gasteiger partial charge is 0.327 e. The SMILES string of the molecule is CC(C)C(N)CCc1c(Cl)cccc1[N+](=O)[O-]. The fraction of sp³-hybridized carbons (Fsp3) is 0.500. The molecule has 1 aromatic carbocycles. The van der Waals surface area contributed by atoms with Crippen molar-refractivity contribution < 1.29 is 4.92 Å². The maximum absolute atomic E-state index is 10.9. The molecule has 2 N–H and O–H groups in total. The molecular formula is C12H17ClN2O2. The molecular weight excluding hydrogens is 240 g/mol. The van der Waals surface area contributed by atoms with Crippen molar-refractivity contribution >= 4 is 17.3 Å². The summed E-state index contributed by atoms with van der Waals surface area (Å²) >= 11 is 5.99. The van der Waals surface area contributed by atoms with Crippen LogP contribution in [0.15, 0.2) is 18.2 Å². The number of nitrogens with zero attached hydrogens (tertiary/aromatic N) is 1. The zero-order valence-electron chi connectivity index (χ0n) is 10.0. The third-order valence-corrected chi connectivity index (χ3v) is 3.23. The van der Waals surface area contributed by atoms with Crippen molar-refractivity contribution in [3.05, 3.63) is 38.9 Å². The number of nitrogens with two attached hydrogens (primary N) is 1. The Labute approximate surface area is 106 Å². The summed E-state index contributed by atoms with van der Waals surface area (Å²) in [5.74, 6) is 0.358. The topological polar surface area (TPSA) is 69.2 Å². The first kappa shape index (κ1) is 13.9. The molecule has 1 atom stereocenters. The van der Waals surface area contributed by atoms with Crippen LogP contribution in [0.25, 0.3) is 0 Å². The van der Waals surface area contributed by atoms with Crippen LogP contribution in [0.2, 0.25) is 5.02 Å². The molecule has 94 valence electrons. The van der Waals surface area contributed by atoms with Gasteiger partial charge >= 0.3 is 0 Å². The van der Waals surface area contributed by atoms with Gasteiger partial charge in [-0.3, -0.25) is 10.1 Å². The summed E-state index contributed by atoms with van der Waals surface area (Å²) in [6, 6.07) is 4.77. The second-order valence-electron chi connectivity index (χ2n) is 4.44. The fourth-order valence-corrected chi connectivity index (χ4v) is 1.87. The lowest BCUT2D eigenvalue weighted by Crippen LogP contribution is -2.26. The fourth-order valence-electron chi connectivity index (χ4n) is 1.61. The first-order valence-electron chi connectivity index (χ1n) is 5.60. The van der Waals surface area contributed by atoms with Gasteiger partial charge in [0.05, 0.1) is 9.95 Å². The van der Waals surface area contributed by atoms with E-state index < -0.39 is 4.92 Å². The molecule has 4 nitrogen and oxygen atoms in total. The molecule has 0 aliphatic rings. The summed E-state index contributed by atoms with van der Waals surface area (Å²) in [7, 11) is 0. The molecule has 0 amide bonds. The Balaban J connectivity index is 2.86. The molecule has 0 heterocycles. The van der Waals surface area contributed by atoms with E-state index in [-0.39, 0.29) is 11.7 Å². The molecule has 0 aromatic heterocycles. The average Bonchev–Trinajstić information content (AvgIpc) is 2.26. The third-order valence-electron chi connectivity index (χ3n) is 2.87. The van der Waals surface area contributed by atoms with Crippen molar-refractivity contribution in [2.45, 2.75) is 32.7 Å². The standard InChI is InChI=1S/C12H17ClN2O2/c1-8(2)11(14)7-6-9-10(13)4-3-5-12(9)15(16)17/h3-5,8,11H,6-7,14H2,1-2H3. The lowest BCUT2D eigenvalue weighted by atomic mass is 9.97. The number of benzene rings is 1. The monoisotopic (exact) mass is 256 g/mol.